The molecule has 0 heterocycles. The summed E-state index contributed by atoms with van der Waals surface area (Å²) in [6.45, 7) is 0.411. The zero-order valence-corrected chi connectivity index (χ0v) is 9.54. The Morgan fingerprint density at radius 1 is 1.54 bits per heavy atom. The molecule has 0 amide bonds. The minimum Gasteiger partial charge on any atom is -0.326 e. The molecule has 2 N–H and O–H groups in total. The van der Waals surface area contributed by atoms with Crippen molar-refractivity contribution in [2.24, 2.45) is 5.73 Å². The first kappa shape index (κ1) is 12.6. The molecule has 1 aromatic carbocycles. The summed E-state index contributed by atoms with van der Waals surface area (Å²) in [5.74, 6) is 0. The fraction of sp³-hybridized carbons (Fsp3) is 0.143. The first-order chi connectivity index (χ1) is 5.65. The third-order valence-electron chi connectivity index (χ3n) is 1.44. The lowest BCUT2D eigenvalue weighted by molar-refractivity contribution is -0.385. The Hall–Kier alpha value is -0.400. The molecule has 0 aliphatic heterocycles. The number of nitro groups is 1. The van der Waals surface area contributed by atoms with Crippen molar-refractivity contribution >= 4 is 40.7 Å². The maximum atomic E-state index is 10.4. The molecular formula is C7H8ClIN2O2. The molecule has 4 nitrogen and oxygen atoms in total. The maximum absolute atomic E-state index is 10.4. The van der Waals surface area contributed by atoms with Crippen LogP contribution in [0.15, 0.2) is 18.2 Å². The monoisotopic (exact) mass is 314 g/mol. The Morgan fingerprint density at radius 2 is 2.15 bits per heavy atom. The van der Waals surface area contributed by atoms with Gasteiger partial charge in [-0.3, -0.25) is 10.1 Å². The highest BCUT2D eigenvalue weighted by Crippen LogP contribution is 2.21. The van der Waals surface area contributed by atoms with Gasteiger partial charge < -0.3 is 5.73 Å². The van der Waals surface area contributed by atoms with E-state index in [0.29, 0.717) is 10.1 Å². The van der Waals surface area contributed by atoms with E-state index in [1.165, 1.54) is 6.07 Å². The van der Waals surface area contributed by atoms with Gasteiger partial charge in [0, 0.05) is 12.6 Å². The van der Waals surface area contributed by atoms with E-state index in [9.17, 15) is 10.1 Å². The molecule has 72 valence electrons. The van der Waals surface area contributed by atoms with Gasteiger partial charge in [-0.2, -0.15) is 0 Å². The molecule has 0 aliphatic rings. The number of hydrogen-bond acceptors (Lipinski definition) is 3. The number of nitrogens with two attached hydrogens (primary N) is 1. The van der Waals surface area contributed by atoms with Crippen LogP contribution in [0.4, 0.5) is 5.69 Å². The summed E-state index contributed by atoms with van der Waals surface area (Å²) in [4.78, 5) is 9.99. The molecule has 0 radical (unpaired) electrons. The van der Waals surface area contributed by atoms with E-state index in [2.05, 4.69) is 0 Å². The highest BCUT2D eigenvalue weighted by Gasteiger charge is 2.10. The van der Waals surface area contributed by atoms with Crippen molar-refractivity contribution in [1.82, 2.24) is 0 Å². The van der Waals surface area contributed by atoms with Crippen LogP contribution in [0.1, 0.15) is 5.56 Å². The van der Waals surface area contributed by atoms with E-state index >= 15 is 0 Å². The van der Waals surface area contributed by atoms with Gasteiger partial charge >= 0.3 is 0 Å². The van der Waals surface area contributed by atoms with Crippen molar-refractivity contribution < 1.29 is 4.92 Å². The highest BCUT2D eigenvalue weighted by molar-refractivity contribution is 14.1. The zero-order valence-electron chi connectivity index (χ0n) is 6.57. The summed E-state index contributed by atoms with van der Waals surface area (Å²) in [5.41, 5.74) is 6.41. The molecule has 0 bridgehead atoms. The lowest BCUT2D eigenvalue weighted by atomic mass is 10.2. The highest BCUT2D eigenvalue weighted by atomic mass is 127. The number of hydrogen-bond donors (Lipinski definition) is 1. The van der Waals surface area contributed by atoms with Gasteiger partial charge in [-0.05, 0) is 34.2 Å². The van der Waals surface area contributed by atoms with Crippen LogP contribution in [0.5, 0.6) is 0 Å². The molecule has 0 atom stereocenters. The lowest BCUT2D eigenvalue weighted by Crippen LogP contribution is -1.98. The number of benzene rings is 1. The van der Waals surface area contributed by atoms with E-state index in [4.69, 9.17) is 5.73 Å². The summed E-state index contributed by atoms with van der Waals surface area (Å²) in [7, 11) is 0. The molecule has 6 heteroatoms. The fourth-order valence-corrected chi connectivity index (χ4v) is 1.60. The number of nitro benzene ring substituents is 1. The van der Waals surface area contributed by atoms with E-state index in [1.807, 2.05) is 22.6 Å². The zero-order chi connectivity index (χ0) is 9.14. The average Bonchev–Trinajstić information content (AvgIpc) is 2.03. The number of rotatable bonds is 2. The summed E-state index contributed by atoms with van der Waals surface area (Å²) < 4.78 is 0.626. The number of nitrogens with zero attached hydrogens (tertiary/aromatic N) is 1. The Morgan fingerprint density at radius 3 is 2.54 bits per heavy atom. The molecule has 0 spiro atoms. The molecular weight excluding hydrogens is 306 g/mol. The fourth-order valence-electron chi connectivity index (χ4n) is 0.825. The van der Waals surface area contributed by atoms with Crippen LogP contribution < -0.4 is 5.73 Å². The molecule has 13 heavy (non-hydrogen) atoms. The first-order valence-corrected chi connectivity index (χ1v) is 4.36. The molecule has 0 fully saturated rings. The van der Waals surface area contributed by atoms with Gasteiger partial charge in [-0.25, -0.2) is 0 Å². The predicted octanol–water partition coefficient (Wildman–Crippen LogP) is 2.08. The van der Waals surface area contributed by atoms with Crippen molar-refractivity contribution in [1.29, 1.82) is 0 Å². The van der Waals surface area contributed by atoms with Crippen LogP contribution in [-0.4, -0.2) is 4.92 Å². The average molecular weight is 315 g/mol. The second-order valence-electron chi connectivity index (χ2n) is 2.25. The summed E-state index contributed by atoms with van der Waals surface area (Å²) >= 11 is 1.93. The van der Waals surface area contributed by atoms with Gasteiger partial charge in [-0.1, -0.05) is 6.07 Å². The maximum Gasteiger partial charge on any atom is 0.282 e. The largest absolute Gasteiger partial charge is 0.326 e. The summed E-state index contributed by atoms with van der Waals surface area (Å²) in [6.07, 6.45) is 0. The van der Waals surface area contributed by atoms with Crippen LogP contribution in [0.25, 0.3) is 0 Å². The van der Waals surface area contributed by atoms with Crippen LogP contribution in [0.2, 0.25) is 0 Å². The van der Waals surface area contributed by atoms with Crippen molar-refractivity contribution in [2.75, 3.05) is 0 Å². The molecule has 0 saturated carbocycles. The van der Waals surface area contributed by atoms with Crippen molar-refractivity contribution in [2.45, 2.75) is 6.54 Å². The molecule has 1 aromatic rings. The Kier molecular flexibility index (Phi) is 5.19. The third-order valence-corrected chi connectivity index (χ3v) is 2.31. The third kappa shape index (κ3) is 3.09. The van der Waals surface area contributed by atoms with E-state index < -0.39 is 4.92 Å². The van der Waals surface area contributed by atoms with Gasteiger partial charge in [0.15, 0.2) is 0 Å². The topological polar surface area (TPSA) is 69.2 Å². The first-order valence-electron chi connectivity index (χ1n) is 3.28. The van der Waals surface area contributed by atoms with E-state index in [0.717, 1.165) is 5.56 Å². The van der Waals surface area contributed by atoms with E-state index in [1.54, 1.807) is 12.1 Å². The lowest BCUT2D eigenvalue weighted by Gasteiger charge is -1.98. The SMILES string of the molecule is Cl.NCc1ccc([N+](=O)[O-])c(I)c1. The standard InChI is InChI=1S/C7H7IN2O2.ClH/c8-6-3-5(4-9)1-2-7(6)10(11)12;/h1-3H,4,9H2;1H. The van der Waals surface area contributed by atoms with Crippen molar-refractivity contribution in [3.05, 3.63) is 37.4 Å². The van der Waals surface area contributed by atoms with Crippen LogP contribution in [0.3, 0.4) is 0 Å². The second kappa shape index (κ2) is 5.36. The van der Waals surface area contributed by atoms with Gasteiger partial charge in [0.05, 0.1) is 8.49 Å². The summed E-state index contributed by atoms with van der Waals surface area (Å²) in [5, 5.41) is 10.4. The number of halogens is 2. The molecule has 0 saturated heterocycles. The molecule has 0 aliphatic carbocycles. The van der Waals surface area contributed by atoms with Crippen LogP contribution in [0, 0.1) is 13.7 Å². The van der Waals surface area contributed by atoms with Crippen molar-refractivity contribution in [3.63, 3.8) is 0 Å². The predicted molar refractivity (Wildman–Crippen MR) is 61.0 cm³/mol. The van der Waals surface area contributed by atoms with Gasteiger partial charge in [0.2, 0.25) is 0 Å². The Labute approximate surface area is 95.2 Å². The van der Waals surface area contributed by atoms with E-state index in [-0.39, 0.29) is 18.1 Å². The molecule has 1 rings (SSSR count). The quantitative estimate of drug-likeness (QED) is 0.516. The Bertz CT molecular complexity index is 319. The second-order valence-corrected chi connectivity index (χ2v) is 3.41. The molecule has 0 aromatic heterocycles. The smallest absolute Gasteiger partial charge is 0.282 e. The van der Waals surface area contributed by atoms with Crippen molar-refractivity contribution in [3.8, 4) is 0 Å². The van der Waals surface area contributed by atoms with Crippen LogP contribution >= 0.6 is 35.0 Å². The Balaban J connectivity index is 0.00000144. The minimum absolute atomic E-state index is 0. The summed E-state index contributed by atoms with van der Waals surface area (Å²) in [6, 6.07) is 4.86. The van der Waals surface area contributed by atoms with Crippen LogP contribution in [-0.2, 0) is 6.54 Å². The van der Waals surface area contributed by atoms with Gasteiger partial charge in [0.25, 0.3) is 5.69 Å². The normalized spacial score (nSPS) is 9.08. The van der Waals surface area contributed by atoms with Gasteiger partial charge in [0.1, 0.15) is 0 Å². The van der Waals surface area contributed by atoms with Gasteiger partial charge in [-0.15, -0.1) is 12.4 Å². The molecule has 0 unspecified atom stereocenters. The minimum atomic E-state index is -0.401.